The molecule has 2 nitrogen and oxygen atoms in total. The third kappa shape index (κ3) is 1.39. The lowest BCUT2D eigenvalue weighted by Gasteiger charge is -2.11. The van der Waals surface area contributed by atoms with Crippen LogP contribution in [0.4, 0.5) is 0 Å². The van der Waals surface area contributed by atoms with Crippen LogP contribution in [0, 0.1) is 11.3 Å². The number of phenols is 1. The molecule has 4 heteroatoms. The Morgan fingerprint density at radius 1 is 1.50 bits per heavy atom. The summed E-state index contributed by atoms with van der Waals surface area (Å²) in [6.07, 6.45) is 1.61. The molecule has 1 aromatic rings. The highest BCUT2D eigenvalue weighted by Crippen LogP contribution is 2.53. The van der Waals surface area contributed by atoms with Gasteiger partial charge in [0.25, 0.3) is 0 Å². The van der Waals surface area contributed by atoms with Gasteiger partial charge in [0.15, 0.2) is 0 Å². The molecule has 72 valence electrons. The SMILES string of the molecule is N#CC1(c2c(O)cc(Cl)cc2Br)CC1. The standard InChI is InChI=1S/C10H7BrClNO/c11-7-3-6(12)4-8(14)9(7)10(5-13)1-2-10/h3-4,14H,1-2H2. The van der Waals surface area contributed by atoms with Crippen LogP contribution in [0.2, 0.25) is 5.02 Å². The molecule has 1 saturated carbocycles. The van der Waals surface area contributed by atoms with Gasteiger partial charge in [-0.05, 0) is 25.0 Å². The maximum absolute atomic E-state index is 9.71. The van der Waals surface area contributed by atoms with E-state index in [4.69, 9.17) is 16.9 Å². The van der Waals surface area contributed by atoms with Gasteiger partial charge in [0.1, 0.15) is 5.75 Å². The summed E-state index contributed by atoms with van der Waals surface area (Å²) in [6.45, 7) is 0. The number of hydrogen-bond acceptors (Lipinski definition) is 2. The number of aromatic hydroxyl groups is 1. The van der Waals surface area contributed by atoms with E-state index in [9.17, 15) is 5.11 Å². The first-order valence-electron chi connectivity index (χ1n) is 4.19. The lowest BCUT2D eigenvalue weighted by molar-refractivity contribution is 0.464. The molecule has 14 heavy (non-hydrogen) atoms. The normalized spacial score (nSPS) is 17.5. The van der Waals surface area contributed by atoms with Crippen LogP contribution in [0.3, 0.4) is 0 Å². The number of phenolic OH excluding ortho intramolecular Hbond substituents is 1. The van der Waals surface area contributed by atoms with Crippen LogP contribution < -0.4 is 0 Å². The van der Waals surface area contributed by atoms with Crippen LogP contribution in [0.25, 0.3) is 0 Å². The van der Waals surface area contributed by atoms with Gasteiger partial charge in [0, 0.05) is 15.1 Å². The van der Waals surface area contributed by atoms with E-state index in [2.05, 4.69) is 22.0 Å². The van der Waals surface area contributed by atoms with E-state index in [1.165, 1.54) is 6.07 Å². The Balaban J connectivity index is 2.60. The molecule has 1 aliphatic carbocycles. The molecular formula is C10H7BrClNO. The minimum Gasteiger partial charge on any atom is -0.508 e. The topological polar surface area (TPSA) is 44.0 Å². The van der Waals surface area contributed by atoms with Crippen LogP contribution in [-0.2, 0) is 5.41 Å². The predicted molar refractivity (Wildman–Crippen MR) is 57.3 cm³/mol. The van der Waals surface area contributed by atoms with Crippen molar-refractivity contribution in [1.29, 1.82) is 5.26 Å². The second-order valence-electron chi connectivity index (χ2n) is 3.48. The van der Waals surface area contributed by atoms with Crippen molar-refractivity contribution in [2.75, 3.05) is 0 Å². The molecule has 1 aliphatic rings. The van der Waals surface area contributed by atoms with E-state index < -0.39 is 5.41 Å². The van der Waals surface area contributed by atoms with Crippen molar-refractivity contribution in [2.24, 2.45) is 0 Å². The van der Waals surface area contributed by atoms with Gasteiger partial charge in [0.05, 0.1) is 11.5 Å². The van der Waals surface area contributed by atoms with Crippen LogP contribution in [0.1, 0.15) is 18.4 Å². The zero-order chi connectivity index (χ0) is 10.3. The summed E-state index contributed by atoms with van der Waals surface area (Å²) >= 11 is 9.08. The lowest BCUT2D eigenvalue weighted by Crippen LogP contribution is -2.04. The van der Waals surface area contributed by atoms with E-state index >= 15 is 0 Å². The van der Waals surface area contributed by atoms with Crippen LogP contribution in [-0.4, -0.2) is 5.11 Å². The van der Waals surface area contributed by atoms with Gasteiger partial charge < -0.3 is 5.11 Å². The number of benzene rings is 1. The molecule has 0 spiro atoms. The Bertz CT molecular complexity index is 411. The fourth-order valence-electron chi connectivity index (χ4n) is 1.58. The summed E-state index contributed by atoms with van der Waals surface area (Å²) in [5, 5.41) is 19.2. The molecule has 0 heterocycles. The lowest BCUT2D eigenvalue weighted by atomic mass is 9.97. The van der Waals surface area contributed by atoms with Crippen molar-refractivity contribution >= 4 is 27.5 Å². The molecule has 0 unspecified atom stereocenters. The molecule has 0 amide bonds. The average Bonchev–Trinajstić information content (AvgIpc) is 2.83. The van der Waals surface area contributed by atoms with Gasteiger partial charge in [-0.1, -0.05) is 27.5 Å². The fourth-order valence-corrected chi connectivity index (χ4v) is 2.75. The number of hydrogen-bond donors (Lipinski definition) is 1. The van der Waals surface area contributed by atoms with Crippen molar-refractivity contribution in [2.45, 2.75) is 18.3 Å². The minimum absolute atomic E-state index is 0.100. The molecule has 0 aliphatic heterocycles. The smallest absolute Gasteiger partial charge is 0.123 e. The molecule has 0 aromatic heterocycles. The van der Waals surface area contributed by atoms with Crippen molar-refractivity contribution in [1.82, 2.24) is 0 Å². The fraction of sp³-hybridized carbons (Fsp3) is 0.300. The maximum atomic E-state index is 9.71. The Labute approximate surface area is 95.2 Å². The van der Waals surface area contributed by atoms with Gasteiger partial charge in [-0.15, -0.1) is 0 Å². The summed E-state index contributed by atoms with van der Waals surface area (Å²) < 4.78 is 0.710. The third-order valence-corrected chi connectivity index (χ3v) is 3.32. The van der Waals surface area contributed by atoms with E-state index in [1.807, 2.05) is 0 Å². The largest absolute Gasteiger partial charge is 0.508 e. The molecule has 0 bridgehead atoms. The first-order chi connectivity index (χ1) is 6.59. The summed E-state index contributed by atoms with van der Waals surface area (Å²) in [5.74, 6) is 0.100. The van der Waals surface area contributed by atoms with E-state index in [0.29, 0.717) is 15.1 Å². The van der Waals surface area contributed by atoms with Crippen molar-refractivity contribution in [3.05, 3.63) is 27.2 Å². The van der Waals surface area contributed by atoms with E-state index in [1.54, 1.807) is 6.07 Å². The molecule has 1 aromatic carbocycles. The monoisotopic (exact) mass is 271 g/mol. The Morgan fingerprint density at radius 3 is 2.57 bits per heavy atom. The van der Waals surface area contributed by atoms with Crippen molar-refractivity contribution in [3.63, 3.8) is 0 Å². The van der Waals surface area contributed by atoms with Gasteiger partial charge in [-0.25, -0.2) is 0 Å². The van der Waals surface area contributed by atoms with E-state index in [-0.39, 0.29) is 5.75 Å². The highest BCUT2D eigenvalue weighted by molar-refractivity contribution is 9.10. The Morgan fingerprint density at radius 2 is 2.14 bits per heavy atom. The minimum atomic E-state index is -0.493. The molecular weight excluding hydrogens is 265 g/mol. The van der Waals surface area contributed by atoms with Gasteiger partial charge >= 0.3 is 0 Å². The van der Waals surface area contributed by atoms with Crippen molar-refractivity contribution < 1.29 is 5.11 Å². The zero-order valence-corrected chi connectivity index (χ0v) is 9.56. The average molecular weight is 273 g/mol. The second kappa shape index (κ2) is 3.15. The summed E-state index contributed by atoms with van der Waals surface area (Å²) in [4.78, 5) is 0. The van der Waals surface area contributed by atoms with Crippen molar-refractivity contribution in [3.8, 4) is 11.8 Å². The highest BCUT2D eigenvalue weighted by Gasteiger charge is 2.48. The summed E-state index contributed by atoms with van der Waals surface area (Å²) in [5.41, 5.74) is 0.178. The molecule has 0 saturated heterocycles. The maximum Gasteiger partial charge on any atom is 0.123 e. The van der Waals surface area contributed by atoms with Crippen LogP contribution >= 0.6 is 27.5 Å². The van der Waals surface area contributed by atoms with Gasteiger partial charge in [0.2, 0.25) is 0 Å². The Kier molecular flexibility index (Phi) is 2.21. The molecule has 0 radical (unpaired) electrons. The van der Waals surface area contributed by atoms with E-state index in [0.717, 1.165) is 12.8 Å². The van der Waals surface area contributed by atoms with Gasteiger partial charge in [-0.3, -0.25) is 0 Å². The quantitative estimate of drug-likeness (QED) is 0.852. The third-order valence-electron chi connectivity index (χ3n) is 2.48. The predicted octanol–water partition coefficient (Wildman–Crippen LogP) is 3.36. The summed E-state index contributed by atoms with van der Waals surface area (Å²) in [7, 11) is 0. The molecule has 1 fully saturated rings. The number of nitriles is 1. The number of halogens is 2. The number of nitrogens with zero attached hydrogens (tertiary/aromatic N) is 1. The second-order valence-corrected chi connectivity index (χ2v) is 4.77. The number of rotatable bonds is 1. The van der Waals surface area contributed by atoms with Crippen LogP contribution in [0.5, 0.6) is 5.75 Å². The first kappa shape index (κ1) is 9.82. The molecule has 2 rings (SSSR count). The van der Waals surface area contributed by atoms with Crippen LogP contribution in [0.15, 0.2) is 16.6 Å². The first-order valence-corrected chi connectivity index (χ1v) is 5.36. The molecule has 0 atom stereocenters. The molecule has 1 N–H and O–H groups in total. The highest BCUT2D eigenvalue weighted by atomic mass is 79.9. The zero-order valence-electron chi connectivity index (χ0n) is 7.22. The Hall–Kier alpha value is -0.720. The van der Waals surface area contributed by atoms with Gasteiger partial charge in [-0.2, -0.15) is 5.26 Å². The summed E-state index contributed by atoms with van der Waals surface area (Å²) in [6, 6.07) is 5.41.